The molecule has 0 aromatic carbocycles. The Morgan fingerprint density at radius 2 is 1.57 bits per heavy atom. The van der Waals surface area contributed by atoms with Gasteiger partial charge in [0.05, 0.1) is 0 Å². The quantitative estimate of drug-likeness (QED) is 0.218. The van der Waals surface area contributed by atoms with E-state index in [2.05, 4.69) is 0 Å². The van der Waals surface area contributed by atoms with Crippen LogP contribution in [0.5, 0.6) is 0 Å². The summed E-state index contributed by atoms with van der Waals surface area (Å²) in [5, 5.41) is 7.89. The molecule has 4 nitrogen and oxygen atoms in total. The van der Waals surface area contributed by atoms with E-state index in [1.54, 1.807) is 0 Å². The Balaban J connectivity index is -0.00000000200. The topological polar surface area (TPSA) is 81.2 Å². The van der Waals surface area contributed by atoms with Crippen LogP contribution in [0.1, 0.15) is 1.43 Å². The molecule has 0 rings (SSSR count). The van der Waals surface area contributed by atoms with Gasteiger partial charge in [-0.15, -0.1) is 17.3 Å². The summed E-state index contributed by atoms with van der Waals surface area (Å²) < 4.78 is 0. The van der Waals surface area contributed by atoms with Gasteiger partial charge >= 0.3 is 29.6 Å². The van der Waals surface area contributed by atoms with Crippen molar-refractivity contribution >= 4 is 29.8 Å². The van der Waals surface area contributed by atoms with Crippen molar-refractivity contribution in [3.05, 3.63) is 4.91 Å². The predicted octanol–water partition coefficient (Wildman–Crippen LogP) is -4.33. The van der Waals surface area contributed by atoms with E-state index in [1.165, 1.54) is 5.34 Å². The van der Waals surface area contributed by atoms with Crippen LogP contribution < -0.4 is 29.6 Å². The number of nitrogens with zero attached hydrogens (tertiary/aromatic N) is 1. The van der Waals surface area contributed by atoms with Gasteiger partial charge in [0.15, 0.2) is 22.7 Å². The van der Waals surface area contributed by atoms with Crippen LogP contribution in [0.25, 0.3) is 0 Å². The average Bonchev–Trinajstić information content (AvgIpc) is 0.918. The molecule has 0 atom stereocenters. The Kier molecular flexibility index (Phi) is 343. The van der Waals surface area contributed by atoms with Crippen LogP contribution in [0, 0.1) is 4.91 Å². The van der Waals surface area contributed by atoms with Crippen molar-refractivity contribution in [2.45, 2.75) is 0 Å². The molecule has 0 aliphatic carbocycles. The molecule has 0 heterocycles. The van der Waals surface area contributed by atoms with Gasteiger partial charge < -0.3 is 12.1 Å². The summed E-state index contributed by atoms with van der Waals surface area (Å²) in [5.41, 5.74) is 0. The average molecular weight is 155 g/mol. The van der Waals surface area contributed by atoms with Crippen LogP contribution in [0.2, 0.25) is 0 Å². The molecule has 0 bridgehead atoms. The Morgan fingerprint density at radius 1 is 1.57 bits per heavy atom. The first-order valence-corrected chi connectivity index (χ1v) is 0.383. The molecule has 0 aliphatic heterocycles. The molecule has 0 fully saturated rings. The Hall–Kier alpha value is 1.18. The molecule has 0 saturated heterocycles. The summed E-state index contributed by atoms with van der Waals surface area (Å²) in [6.07, 6.45) is 0. The largest absolute Gasteiger partial charge is 1.00 e. The zero-order valence-electron chi connectivity index (χ0n) is 4.21. The van der Waals surface area contributed by atoms with E-state index in [0.717, 1.165) is 0 Å². The van der Waals surface area contributed by atoms with Gasteiger partial charge in [-0.2, -0.15) is 0 Å². The molecule has 0 radical (unpaired) electrons. The Labute approximate surface area is 81.2 Å². The molecule has 0 saturated carbocycles. The van der Waals surface area contributed by atoms with Crippen LogP contribution in [-0.2, 0) is 0 Å². The molecule has 7 heavy (non-hydrogen) atoms. The molecule has 0 unspecified atom stereocenters. The summed E-state index contributed by atoms with van der Waals surface area (Å²) in [4.78, 5) is 8.11. The van der Waals surface area contributed by atoms with Gasteiger partial charge in [-0.05, 0) is 0 Å². The van der Waals surface area contributed by atoms with Gasteiger partial charge in [-0.3, -0.25) is 0 Å². The predicted molar refractivity (Wildman–Crippen MR) is 29.5 cm³/mol. The summed E-state index contributed by atoms with van der Waals surface area (Å²) in [7, 11) is 0. The first-order chi connectivity index (χ1) is 1.41. The summed E-state index contributed by atoms with van der Waals surface area (Å²) in [6.45, 7) is 0. The van der Waals surface area contributed by atoms with Crippen molar-refractivity contribution in [1.82, 2.24) is 0 Å². The van der Waals surface area contributed by atoms with E-state index in [0.29, 0.717) is 0 Å². The Bertz CT molecular complexity index is 26.8. The zero-order valence-corrected chi connectivity index (χ0v) is 6.03. The second-order valence-corrected chi connectivity index (χ2v) is 0.0816. The number of rotatable bonds is 0. The molecular weight excluding hydrogens is 147 g/mol. The van der Waals surface area contributed by atoms with Gasteiger partial charge in [-0.1, -0.05) is 0 Å². The third kappa shape index (κ3) is 138. The molecule has 0 aromatic heterocycles. The van der Waals surface area contributed by atoms with E-state index in [-0.39, 0.29) is 66.2 Å². The molecular formula is H8AlClNNaO3. The second kappa shape index (κ2) is 57.6. The van der Waals surface area contributed by atoms with Gasteiger partial charge in [0.2, 0.25) is 0 Å². The fourth-order valence-corrected chi connectivity index (χ4v) is 0. The molecule has 0 amide bonds. The first kappa shape index (κ1) is 41.7. The van der Waals surface area contributed by atoms with E-state index >= 15 is 0 Å². The van der Waals surface area contributed by atoms with E-state index in [1.807, 2.05) is 0 Å². The smallest absolute Gasteiger partial charge is 1.00 e. The SMILES string of the molecule is Cl.O.O=NO.[AlH3].[H-].[Na+]. The third-order valence-corrected chi connectivity index (χ3v) is 0. The van der Waals surface area contributed by atoms with Crippen LogP contribution in [0.4, 0.5) is 0 Å². The van der Waals surface area contributed by atoms with Crippen LogP contribution in [-0.4, -0.2) is 28.0 Å². The van der Waals surface area contributed by atoms with Gasteiger partial charge in [-0.25, -0.2) is 0 Å². The van der Waals surface area contributed by atoms with Crippen molar-refractivity contribution in [2.75, 3.05) is 0 Å². The third-order valence-electron chi connectivity index (χ3n) is 0. The standard InChI is InChI=1S/Al.ClH.HNO2.Na.H2O.4H/c;;2-1-3;;;;;;/h;1H;(H,2,3);;1H2;;;;/q;;;+1;;;;;-1. The number of halogens is 1. The normalized spacial score (nSPS) is 1.71. The second-order valence-electron chi connectivity index (χ2n) is 0.0816. The fourth-order valence-electron chi connectivity index (χ4n) is 0. The molecule has 42 valence electrons. The number of hydrogen-bond donors (Lipinski definition) is 1. The minimum atomic E-state index is 0. The van der Waals surface area contributed by atoms with Crippen LogP contribution in [0.3, 0.4) is 0 Å². The van der Waals surface area contributed by atoms with Crippen molar-refractivity contribution in [3.63, 3.8) is 0 Å². The summed E-state index contributed by atoms with van der Waals surface area (Å²) in [6, 6.07) is 0. The minimum absolute atomic E-state index is 0. The van der Waals surface area contributed by atoms with Crippen molar-refractivity contribution < 1.29 is 41.7 Å². The molecule has 3 N–H and O–H groups in total. The molecule has 0 aromatic rings. The fraction of sp³-hybridized carbons (Fsp3) is 0. The van der Waals surface area contributed by atoms with Crippen LogP contribution in [0.15, 0.2) is 5.34 Å². The molecule has 0 aliphatic rings. The van der Waals surface area contributed by atoms with E-state index in [4.69, 9.17) is 10.1 Å². The number of hydrogen-bond acceptors (Lipinski definition) is 2. The van der Waals surface area contributed by atoms with E-state index < -0.39 is 0 Å². The maximum absolute atomic E-state index is 8.11. The van der Waals surface area contributed by atoms with Crippen LogP contribution >= 0.6 is 12.4 Å². The van der Waals surface area contributed by atoms with Crippen molar-refractivity contribution in [2.24, 2.45) is 5.34 Å². The van der Waals surface area contributed by atoms with Gasteiger partial charge in [0.25, 0.3) is 0 Å². The molecule has 7 heteroatoms. The van der Waals surface area contributed by atoms with E-state index in [9.17, 15) is 0 Å². The molecule has 0 spiro atoms. The van der Waals surface area contributed by atoms with Crippen molar-refractivity contribution in [3.8, 4) is 0 Å². The summed E-state index contributed by atoms with van der Waals surface area (Å²) >= 11 is 0. The zero-order chi connectivity index (χ0) is 2.71. The van der Waals surface area contributed by atoms with Gasteiger partial charge in [0, 0.05) is 0 Å². The first-order valence-electron chi connectivity index (χ1n) is 0.383. The minimum Gasteiger partial charge on any atom is -1.00 e. The maximum atomic E-state index is 8.11. The van der Waals surface area contributed by atoms with Gasteiger partial charge in [0.1, 0.15) is 0 Å². The summed E-state index contributed by atoms with van der Waals surface area (Å²) in [5.74, 6) is 0. The monoisotopic (exact) mass is 155 g/mol. The maximum Gasteiger partial charge on any atom is 1.00 e. The van der Waals surface area contributed by atoms with Crippen molar-refractivity contribution in [1.29, 1.82) is 0 Å². The Morgan fingerprint density at radius 3 is 1.57 bits per heavy atom.